The second-order valence-corrected chi connectivity index (χ2v) is 4.83. The third-order valence-corrected chi connectivity index (χ3v) is 3.15. The second-order valence-electron chi connectivity index (χ2n) is 4.83. The van der Waals surface area contributed by atoms with Gasteiger partial charge < -0.3 is 19.4 Å². The first-order chi connectivity index (χ1) is 11.1. The molecule has 1 aromatic heterocycles. The van der Waals surface area contributed by atoms with Crippen LogP contribution in [0.4, 0.5) is 0 Å². The molecular formula is C16H20N4O3. The first-order valence-electron chi connectivity index (χ1n) is 7.17. The number of aryl methyl sites for hydroxylation is 1. The van der Waals surface area contributed by atoms with E-state index in [4.69, 9.17) is 9.47 Å². The van der Waals surface area contributed by atoms with Gasteiger partial charge in [-0.1, -0.05) is 18.2 Å². The summed E-state index contributed by atoms with van der Waals surface area (Å²) >= 11 is 0. The van der Waals surface area contributed by atoms with Gasteiger partial charge in [-0.15, -0.1) is 10.2 Å². The summed E-state index contributed by atoms with van der Waals surface area (Å²) in [5.74, 6) is 1.54. The fourth-order valence-electron chi connectivity index (χ4n) is 1.94. The smallest absolute Gasteiger partial charge is 0.258 e. The first-order valence-corrected chi connectivity index (χ1v) is 7.17. The number of methoxy groups -OCH3 is 1. The van der Waals surface area contributed by atoms with E-state index in [2.05, 4.69) is 15.5 Å². The third kappa shape index (κ3) is 4.57. The molecule has 2 rings (SSSR count). The number of amides is 1. The Morgan fingerprint density at radius 1 is 1.39 bits per heavy atom. The molecule has 0 saturated carbocycles. The van der Waals surface area contributed by atoms with Crippen LogP contribution >= 0.6 is 0 Å². The van der Waals surface area contributed by atoms with E-state index < -0.39 is 0 Å². The third-order valence-electron chi connectivity index (χ3n) is 3.15. The highest BCUT2D eigenvalue weighted by molar-refractivity contribution is 5.77. The van der Waals surface area contributed by atoms with E-state index >= 15 is 0 Å². The standard InChI is InChI=1S/C16H20N4O3/c1-4-5-12-6-7-13(14(8-12)22-3)23-10-16(21)17-9-15-19-18-11-20(15)2/h4-8,11H,9-10H2,1-3H3,(H,17,21)/b5-4+. The molecule has 0 fully saturated rings. The van der Waals surface area contributed by atoms with E-state index in [1.807, 2.05) is 38.3 Å². The molecule has 2 aromatic rings. The quantitative estimate of drug-likeness (QED) is 0.838. The van der Waals surface area contributed by atoms with Crippen LogP contribution in [0.3, 0.4) is 0 Å². The van der Waals surface area contributed by atoms with Crippen molar-refractivity contribution in [2.75, 3.05) is 13.7 Å². The largest absolute Gasteiger partial charge is 0.493 e. The number of carbonyl (C=O) groups excluding carboxylic acids is 1. The molecule has 23 heavy (non-hydrogen) atoms. The van der Waals surface area contributed by atoms with E-state index in [1.54, 1.807) is 24.1 Å². The summed E-state index contributed by atoms with van der Waals surface area (Å²) in [6.45, 7) is 2.14. The molecule has 0 bridgehead atoms. The Kier molecular flexibility index (Phi) is 5.74. The summed E-state index contributed by atoms with van der Waals surface area (Å²) in [7, 11) is 3.38. The fourth-order valence-corrected chi connectivity index (χ4v) is 1.94. The van der Waals surface area contributed by atoms with Crippen molar-refractivity contribution < 1.29 is 14.3 Å². The Bertz CT molecular complexity index is 694. The number of ether oxygens (including phenoxy) is 2. The molecule has 1 aromatic carbocycles. The SMILES string of the molecule is C/C=C/c1ccc(OCC(=O)NCc2nncn2C)c(OC)c1. The maximum Gasteiger partial charge on any atom is 0.258 e. The minimum atomic E-state index is -0.243. The number of nitrogens with zero attached hydrogens (tertiary/aromatic N) is 3. The van der Waals surface area contributed by atoms with Crippen LogP contribution in [0.5, 0.6) is 11.5 Å². The Morgan fingerprint density at radius 2 is 2.22 bits per heavy atom. The van der Waals surface area contributed by atoms with Crippen LogP contribution in [-0.4, -0.2) is 34.4 Å². The van der Waals surface area contributed by atoms with Crippen molar-refractivity contribution >= 4 is 12.0 Å². The molecule has 0 aliphatic heterocycles. The molecule has 0 radical (unpaired) electrons. The molecule has 1 N–H and O–H groups in total. The van der Waals surface area contributed by atoms with Crippen molar-refractivity contribution in [2.45, 2.75) is 13.5 Å². The summed E-state index contributed by atoms with van der Waals surface area (Å²) in [6.07, 6.45) is 5.48. The maximum atomic E-state index is 11.8. The predicted octanol–water partition coefficient (Wildman–Crippen LogP) is 1.55. The van der Waals surface area contributed by atoms with E-state index in [0.29, 0.717) is 23.9 Å². The van der Waals surface area contributed by atoms with Gasteiger partial charge in [0.15, 0.2) is 23.9 Å². The number of carbonyl (C=O) groups is 1. The van der Waals surface area contributed by atoms with Crippen LogP contribution in [0.1, 0.15) is 18.3 Å². The van der Waals surface area contributed by atoms with Gasteiger partial charge in [-0.3, -0.25) is 4.79 Å². The van der Waals surface area contributed by atoms with Crippen LogP contribution in [0.15, 0.2) is 30.6 Å². The number of aromatic nitrogens is 3. The van der Waals surface area contributed by atoms with Crippen LogP contribution in [0, 0.1) is 0 Å². The van der Waals surface area contributed by atoms with Gasteiger partial charge in [-0.25, -0.2) is 0 Å². The van der Waals surface area contributed by atoms with Gasteiger partial charge in [-0.2, -0.15) is 0 Å². The summed E-state index contributed by atoms with van der Waals surface area (Å²) in [5.41, 5.74) is 1.00. The second kappa shape index (κ2) is 7.98. The summed E-state index contributed by atoms with van der Waals surface area (Å²) in [6, 6.07) is 5.53. The van der Waals surface area contributed by atoms with Gasteiger partial charge in [-0.05, 0) is 24.6 Å². The highest BCUT2D eigenvalue weighted by Crippen LogP contribution is 2.28. The van der Waals surface area contributed by atoms with Crippen molar-refractivity contribution in [3.8, 4) is 11.5 Å². The lowest BCUT2D eigenvalue weighted by Crippen LogP contribution is -2.29. The number of allylic oxidation sites excluding steroid dienone is 1. The maximum absolute atomic E-state index is 11.8. The number of hydrogen-bond acceptors (Lipinski definition) is 5. The topological polar surface area (TPSA) is 78.3 Å². The lowest BCUT2D eigenvalue weighted by Gasteiger charge is -2.11. The molecule has 7 heteroatoms. The van der Waals surface area contributed by atoms with Crippen molar-refractivity contribution in [1.29, 1.82) is 0 Å². The first kappa shape index (κ1) is 16.5. The minimum absolute atomic E-state index is 0.100. The highest BCUT2D eigenvalue weighted by Gasteiger charge is 2.09. The molecule has 1 amide bonds. The molecule has 0 saturated heterocycles. The predicted molar refractivity (Wildman–Crippen MR) is 86.0 cm³/mol. The Labute approximate surface area is 134 Å². The van der Waals surface area contributed by atoms with E-state index in [9.17, 15) is 4.79 Å². The Hall–Kier alpha value is -2.83. The molecule has 0 unspecified atom stereocenters. The number of hydrogen-bond donors (Lipinski definition) is 1. The van der Waals surface area contributed by atoms with E-state index in [-0.39, 0.29) is 12.5 Å². The van der Waals surface area contributed by atoms with Crippen LogP contribution < -0.4 is 14.8 Å². The zero-order chi connectivity index (χ0) is 16.7. The van der Waals surface area contributed by atoms with Gasteiger partial charge in [0.2, 0.25) is 0 Å². The lowest BCUT2D eigenvalue weighted by atomic mass is 10.2. The average Bonchev–Trinajstić information content (AvgIpc) is 2.97. The molecule has 1 heterocycles. The summed E-state index contributed by atoms with van der Waals surface area (Å²) in [4.78, 5) is 11.8. The van der Waals surface area contributed by atoms with Crippen molar-refractivity contribution in [1.82, 2.24) is 20.1 Å². The molecule has 0 aliphatic carbocycles. The van der Waals surface area contributed by atoms with Crippen LogP contribution in [0.25, 0.3) is 6.08 Å². The van der Waals surface area contributed by atoms with Gasteiger partial charge in [0.05, 0.1) is 13.7 Å². The zero-order valence-corrected chi connectivity index (χ0v) is 13.4. The zero-order valence-electron chi connectivity index (χ0n) is 13.4. The Morgan fingerprint density at radius 3 is 2.87 bits per heavy atom. The van der Waals surface area contributed by atoms with Crippen molar-refractivity contribution in [3.63, 3.8) is 0 Å². The minimum Gasteiger partial charge on any atom is -0.493 e. The number of rotatable bonds is 7. The molecule has 0 spiro atoms. The molecular weight excluding hydrogens is 296 g/mol. The molecule has 0 aliphatic rings. The lowest BCUT2D eigenvalue weighted by molar-refractivity contribution is -0.123. The van der Waals surface area contributed by atoms with Gasteiger partial charge in [0.1, 0.15) is 6.33 Å². The summed E-state index contributed by atoms with van der Waals surface area (Å²) in [5, 5.41) is 10.4. The highest BCUT2D eigenvalue weighted by atomic mass is 16.5. The molecule has 0 atom stereocenters. The number of nitrogens with one attached hydrogen (secondary N) is 1. The summed E-state index contributed by atoms with van der Waals surface area (Å²) < 4.78 is 12.5. The monoisotopic (exact) mass is 316 g/mol. The van der Waals surface area contributed by atoms with Crippen LogP contribution in [-0.2, 0) is 18.4 Å². The fraction of sp³-hybridized carbons (Fsp3) is 0.312. The Balaban J connectivity index is 1.89. The van der Waals surface area contributed by atoms with Gasteiger partial charge >= 0.3 is 0 Å². The van der Waals surface area contributed by atoms with Crippen molar-refractivity contribution in [2.24, 2.45) is 7.05 Å². The normalized spacial score (nSPS) is 10.7. The van der Waals surface area contributed by atoms with Crippen molar-refractivity contribution in [3.05, 3.63) is 42.0 Å². The van der Waals surface area contributed by atoms with Gasteiger partial charge in [0.25, 0.3) is 5.91 Å². The average molecular weight is 316 g/mol. The van der Waals surface area contributed by atoms with E-state index in [0.717, 1.165) is 5.56 Å². The van der Waals surface area contributed by atoms with Gasteiger partial charge in [0, 0.05) is 7.05 Å². The van der Waals surface area contributed by atoms with E-state index in [1.165, 1.54) is 0 Å². The number of benzene rings is 1. The molecule has 7 nitrogen and oxygen atoms in total. The molecule has 122 valence electrons. The van der Waals surface area contributed by atoms with Crippen LogP contribution in [0.2, 0.25) is 0 Å².